The second-order valence-corrected chi connectivity index (χ2v) is 6.54. The molecular weight excluding hydrogens is 479 g/mol. The number of aryl methyl sites for hydroxylation is 1. The zero-order valence-corrected chi connectivity index (χ0v) is 19.2. The normalized spacial score (nSPS) is 12.0. The Morgan fingerprint density at radius 3 is 2.72 bits per heavy atom. The summed E-state index contributed by atoms with van der Waals surface area (Å²) in [6, 6.07) is 16.2. The lowest BCUT2D eigenvalue weighted by atomic mass is 10.1. The van der Waals surface area contributed by atoms with Crippen LogP contribution < -0.4 is 15.4 Å². The molecule has 0 amide bonds. The first-order valence-electron chi connectivity index (χ1n) is 9.27. The minimum Gasteiger partial charge on any atom is -0.489 e. The van der Waals surface area contributed by atoms with Gasteiger partial charge in [-0.25, -0.2) is 4.98 Å². The lowest BCUT2D eigenvalue weighted by Gasteiger charge is -2.19. The molecule has 0 aliphatic heterocycles. The fourth-order valence-electron chi connectivity index (χ4n) is 2.77. The molecule has 1 aromatic heterocycles. The number of benzene rings is 2. The highest BCUT2D eigenvalue weighted by atomic mass is 127. The van der Waals surface area contributed by atoms with Crippen LogP contribution in [0.2, 0.25) is 0 Å². The second kappa shape index (κ2) is 11.4. The van der Waals surface area contributed by atoms with Crippen molar-refractivity contribution in [1.29, 1.82) is 0 Å². The summed E-state index contributed by atoms with van der Waals surface area (Å²) in [6.45, 7) is 5.37. The van der Waals surface area contributed by atoms with Gasteiger partial charge in [0, 0.05) is 19.2 Å². The monoisotopic (exact) mass is 506 g/mol. The first kappa shape index (κ1) is 22.7. The van der Waals surface area contributed by atoms with Crippen LogP contribution in [0.1, 0.15) is 18.1 Å². The van der Waals surface area contributed by atoms with Crippen molar-refractivity contribution in [3.8, 4) is 17.1 Å². The lowest BCUT2D eigenvalue weighted by Crippen LogP contribution is -2.41. The van der Waals surface area contributed by atoms with E-state index in [0.29, 0.717) is 13.1 Å². The number of rotatable bonds is 7. The summed E-state index contributed by atoms with van der Waals surface area (Å²) in [5, 5.41) is 13.4. The summed E-state index contributed by atoms with van der Waals surface area (Å²) in [5.74, 6) is 2.39. The van der Waals surface area contributed by atoms with Crippen molar-refractivity contribution in [3.05, 3.63) is 66.0 Å². The number of aliphatic imine (C=N–C) groups is 1. The van der Waals surface area contributed by atoms with Crippen LogP contribution in [0.15, 0.2) is 59.9 Å². The second-order valence-electron chi connectivity index (χ2n) is 6.54. The molecule has 0 fully saturated rings. The number of ether oxygens (including phenoxy) is 1. The molecule has 0 radical (unpaired) electrons. The zero-order valence-electron chi connectivity index (χ0n) is 16.8. The van der Waals surface area contributed by atoms with E-state index in [4.69, 9.17) is 4.74 Å². The fourth-order valence-corrected chi connectivity index (χ4v) is 2.77. The standard InChI is InChI=1S/C21H26N6O.HI/c1-15-7-4-5-10-19(15)28-16(2)12-23-21(22-3)24-13-17-8-6-9-18(11-17)20-25-14-26-27-20;/h4-11,14,16H,12-13H2,1-3H3,(H2,22,23,24)(H,25,26,27);1H. The summed E-state index contributed by atoms with van der Waals surface area (Å²) >= 11 is 0. The number of aromatic nitrogens is 3. The van der Waals surface area contributed by atoms with E-state index in [1.54, 1.807) is 7.05 Å². The van der Waals surface area contributed by atoms with Gasteiger partial charge in [-0.3, -0.25) is 10.1 Å². The van der Waals surface area contributed by atoms with E-state index in [1.807, 2.05) is 50.2 Å². The van der Waals surface area contributed by atoms with Crippen LogP contribution in [-0.2, 0) is 6.54 Å². The summed E-state index contributed by atoms with van der Waals surface area (Å²) in [7, 11) is 1.76. The minimum absolute atomic E-state index is 0. The van der Waals surface area contributed by atoms with E-state index in [1.165, 1.54) is 6.33 Å². The van der Waals surface area contributed by atoms with Crippen LogP contribution in [0.4, 0.5) is 0 Å². The van der Waals surface area contributed by atoms with E-state index in [2.05, 4.69) is 42.9 Å². The maximum atomic E-state index is 6.00. The van der Waals surface area contributed by atoms with Crippen molar-refractivity contribution in [2.24, 2.45) is 4.99 Å². The Morgan fingerprint density at radius 1 is 1.17 bits per heavy atom. The summed E-state index contributed by atoms with van der Waals surface area (Å²) in [4.78, 5) is 8.47. The molecule has 0 saturated heterocycles. The van der Waals surface area contributed by atoms with E-state index in [0.717, 1.165) is 34.2 Å². The van der Waals surface area contributed by atoms with Gasteiger partial charge >= 0.3 is 0 Å². The molecule has 3 N–H and O–H groups in total. The molecule has 2 aromatic carbocycles. The van der Waals surface area contributed by atoms with Crippen molar-refractivity contribution in [2.45, 2.75) is 26.5 Å². The van der Waals surface area contributed by atoms with Crippen LogP contribution in [0.3, 0.4) is 0 Å². The van der Waals surface area contributed by atoms with Gasteiger partial charge in [0.25, 0.3) is 0 Å². The third-order valence-corrected chi connectivity index (χ3v) is 4.28. The first-order chi connectivity index (χ1) is 13.7. The van der Waals surface area contributed by atoms with Gasteiger partial charge in [-0.05, 0) is 37.1 Å². The van der Waals surface area contributed by atoms with Crippen LogP contribution in [0.25, 0.3) is 11.4 Å². The number of para-hydroxylation sites is 1. The Kier molecular flexibility index (Phi) is 8.91. The van der Waals surface area contributed by atoms with Gasteiger partial charge < -0.3 is 15.4 Å². The first-order valence-corrected chi connectivity index (χ1v) is 9.27. The number of guanidine groups is 1. The SMILES string of the molecule is CN=C(NCc1cccc(-c2ncn[nH]2)c1)NCC(C)Oc1ccccc1C.I. The molecule has 29 heavy (non-hydrogen) atoms. The third kappa shape index (κ3) is 6.74. The average Bonchev–Trinajstić information content (AvgIpc) is 3.25. The molecule has 154 valence electrons. The predicted octanol–water partition coefficient (Wildman–Crippen LogP) is 3.53. The molecular formula is C21H27IN6O. The van der Waals surface area contributed by atoms with Crippen molar-refractivity contribution in [2.75, 3.05) is 13.6 Å². The minimum atomic E-state index is 0. The predicted molar refractivity (Wildman–Crippen MR) is 127 cm³/mol. The van der Waals surface area contributed by atoms with Gasteiger partial charge in [-0.2, -0.15) is 5.10 Å². The van der Waals surface area contributed by atoms with Gasteiger partial charge in [0.05, 0.1) is 6.54 Å². The van der Waals surface area contributed by atoms with Crippen LogP contribution in [0.5, 0.6) is 5.75 Å². The molecule has 7 nitrogen and oxygen atoms in total. The lowest BCUT2D eigenvalue weighted by molar-refractivity contribution is 0.222. The molecule has 1 atom stereocenters. The molecule has 8 heteroatoms. The Bertz CT molecular complexity index is 913. The Hall–Kier alpha value is -2.62. The maximum Gasteiger partial charge on any atom is 0.191 e. The van der Waals surface area contributed by atoms with E-state index >= 15 is 0 Å². The fraction of sp³-hybridized carbons (Fsp3) is 0.286. The topological polar surface area (TPSA) is 87.2 Å². The van der Waals surface area contributed by atoms with Gasteiger partial charge in [-0.1, -0.05) is 36.4 Å². The van der Waals surface area contributed by atoms with Gasteiger partial charge in [0.1, 0.15) is 18.2 Å². The number of nitrogens with zero attached hydrogens (tertiary/aromatic N) is 3. The van der Waals surface area contributed by atoms with E-state index in [9.17, 15) is 0 Å². The number of hydrogen-bond acceptors (Lipinski definition) is 4. The Balaban J connectivity index is 0.00000300. The maximum absolute atomic E-state index is 6.00. The number of hydrogen-bond donors (Lipinski definition) is 3. The zero-order chi connectivity index (χ0) is 19.8. The molecule has 1 heterocycles. The van der Waals surface area contributed by atoms with E-state index in [-0.39, 0.29) is 30.1 Å². The van der Waals surface area contributed by atoms with Gasteiger partial charge in [0.15, 0.2) is 11.8 Å². The highest BCUT2D eigenvalue weighted by Gasteiger charge is 2.08. The summed E-state index contributed by atoms with van der Waals surface area (Å²) in [5.41, 5.74) is 3.25. The van der Waals surface area contributed by atoms with Crippen molar-refractivity contribution >= 4 is 29.9 Å². The summed E-state index contributed by atoms with van der Waals surface area (Å²) in [6.07, 6.45) is 1.51. The molecule has 0 aliphatic rings. The van der Waals surface area contributed by atoms with Crippen LogP contribution in [-0.4, -0.2) is 40.8 Å². The third-order valence-electron chi connectivity index (χ3n) is 4.28. The highest BCUT2D eigenvalue weighted by Crippen LogP contribution is 2.17. The van der Waals surface area contributed by atoms with E-state index < -0.39 is 0 Å². The Labute approximate surface area is 188 Å². The molecule has 0 aliphatic carbocycles. The van der Waals surface area contributed by atoms with Crippen molar-refractivity contribution < 1.29 is 4.74 Å². The molecule has 0 bridgehead atoms. The molecule has 3 aromatic rings. The molecule has 0 spiro atoms. The van der Waals surface area contributed by atoms with Crippen LogP contribution >= 0.6 is 24.0 Å². The smallest absolute Gasteiger partial charge is 0.191 e. The molecule has 3 rings (SSSR count). The van der Waals surface area contributed by atoms with Gasteiger partial charge in [0.2, 0.25) is 0 Å². The van der Waals surface area contributed by atoms with Gasteiger partial charge in [-0.15, -0.1) is 24.0 Å². The van der Waals surface area contributed by atoms with Crippen molar-refractivity contribution in [3.63, 3.8) is 0 Å². The highest BCUT2D eigenvalue weighted by molar-refractivity contribution is 14.0. The largest absolute Gasteiger partial charge is 0.489 e. The number of aromatic amines is 1. The molecule has 0 saturated carbocycles. The number of halogens is 1. The average molecular weight is 506 g/mol. The number of H-pyrrole nitrogens is 1. The Morgan fingerprint density at radius 2 is 2.00 bits per heavy atom. The quantitative estimate of drug-likeness (QED) is 0.259. The molecule has 1 unspecified atom stereocenters. The van der Waals surface area contributed by atoms with Crippen LogP contribution in [0, 0.1) is 6.92 Å². The summed E-state index contributed by atoms with van der Waals surface area (Å²) < 4.78 is 6.00. The van der Waals surface area contributed by atoms with Crippen molar-refractivity contribution in [1.82, 2.24) is 25.8 Å². The number of nitrogens with one attached hydrogen (secondary N) is 3.